The Morgan fingerprint density at radius 3 is 2.50 bits per heavy atom. The summed E-state index contributed by atoms with van der Waals surface area (Å²) in [5.41, 5.74) is 2.68. The molecule has 0 atom stereocenters. The van der Waals surface area contributed by atoms with Crippen molar-refractivity contribution in [1.82, 2.24) is 15.5 Å². The monoisotopic (exact) mass is 332 g/mol. The molecule has 1 aromatic carbocycles. The summed E-state index contributed by atoms with van der Waals surface area (Å²) in [6.07, 6.45) is 3.68. The third kappa shape index (κ3) is 6.89. The van der Waals surface area contributed by atoms with Crippen LogP contribution in [-0.2, 0) is 17.8 Å². The summed E-state index contributed by atoms with van der Waals surface area (Å²) in [7, 11) is 1.80. The van der Waals surface area contributed by atoms with E-state index in [1.165, 1.54) is 37.1 Å². The molecule has 5 heteroatoms. The fourth-order valence-corrected chi connectivity index (χ4v) is 2.89. The summed E-state index contributed by atoms with van der Waals surface area (Å²) in [5, 5.41) is 6.67. The van der Waals surface area contributed by atoms with Crippen molar-refractivity contribution in [3.8, 4) is 0 Å². The van der Waals surface area contributed by atoms with Gasteiger partial charge in [-0.15, -0.1) is 0 Å². The third-order valence-electron chi connectivity index (χ3n) is 4.27. The Morgan fingerprint density at radius 2 is 1.83 bits per heavy atom. The highest BCUT2D eigenvalue weighted by atomic mass is 16.5. The highest BCUT2D eigenvalue weighted by Crippen LogP contribution is 2.13. The van der Waals surface area contributed by atoms with Gasteiger partial charge < -0.3 is 15.4 Å². The second-order valence-corrected chi connectivity index (χ2v) is 6.20. The molecule has 0 saturated carbocycles. The summed E-state index contributed by atoms with van der Waals surface area (Å²) in [6.45, 7) is 8.81. The molecule has 2 N–H and O–H groups in total. The fraction of sp³-hybridized carbons (Fsp3) is 0.632. The average molecular weight is 332 g/mol. The van der Waals surface area contributed by atoms with Gasteiger partial charge in [-0.2, -0.15) is 0 Å². The SMILES string of the molecule is CCOCCCNC(=NC)NCc1ccc(CN2CCCC2)cc1. The lowest BCUT2D eigenvalue weighted by Gasteiger charge is -2.15. The predicted octanol–water partition coefficient (Wildman–Crippen LogP) is 2.37. The highest BCUT2D eigenvalue weighted by molar-refractivity contribution is 5.79. The number of rotatable bonds is 9. The summed E-state index contributed by atoms with van der Waals surface area (Å²) >= 11 is 0. The van der Waals surface area contributed by atoms with E-state index in [0.29, 0.717) is 0 Å². The predicted molar refractivity (Wildman–Crippen MR) is 100 cm³/mol. The maximum Gasteiger partial charge on any atom is 0.191 e. The minimum atomic E-state index is 0.779. The molecular formula is C19H32N4O. The van der Waals surface area contributed by atoms with Gasteiger partial charge in [-0.05, 0) is 50.4 Å². The van der Waals surface area contributed by atoms with Crippen LogP contribution >= 0.6 is 0 Å². The first-order valence-corrected chi connectivity index (χ1v) is 9.14. The van der Waals surface area contributed by atoms with E-state index < -0.39 is 0 Å². The number of hydrogen-bond donors (Lipinski definition) is 2. The van der Waals surface area contributed by atoms with Crippen LogP contribution in [0.4, 0.5) is 0 Å². The van der Waals surface area contributed by atoms with Crippen LogP contribution in [0, 0.1) is 0 Å². The first kappa shape index (κ1) is 18.7. The van der Waals surface area contributed by atoms with Crippen LogP contribution in [0.25, 0.3) is 0 Å². The van der Waals surface area contributed by atoms with Gasteiger partial charge in [0, 0.05) is 39.9 Å². The van der Waals surface area contributed by atoms with Crippen molar-refractivity contribution in [3.63, 3.8) is 0 Å². The van der Waals surface area contributed by atoms with Gasteiger partial charge in [0.05, 0.1) is 0 Å². The van der Waals surface area contributed by atoms with Crippen LogP contribution in [0.15, 0.2) is 29.3 Å². The molecule has 1 fully saturated rings. The van der Waals surface area contributed by atoms with E-state index >= 15 is 0 Å². The van der Waals surface area contributed by atoms with Crippen LogP contribution in [0.2, 0.25) is 0 Å². The van der Waals surface area contributed by atoms with Gasteiger partial charge >= 0.3 is 0 Å². The Morgan fingerprint density at radius 1 is 1.12 bits per heavy atom. The molecule has 5 nitrogen and oxygen atoms in total. The van der Waals surface area contributed by atoms with Gasteiger partial charge in [0.25, 0.3) is 0 Å². The number of nitrogens with zero attached hydrogens (tertiary/aromatic N) is 2. The summed E-state index contributed by atoms with van der Waals surface area (Å²) in [6, 6.07) is 8.91. The molecule has 0 bridgehead atoms. The first-order valence-electron chi connectivity index (χ1n) is 9.14. The third-order valence-corrected chi connectivity index (χ3v) is 4.27. The molecule has 24 heavy (non-hydrogen) atoms. The number of benzene rings is 1. The van der Waals surface area contributed by atoms with E-state index in [-0.39, 0.29) is 0 Å². The first-order chi connectivity index (χ1) is 11.8. The van der Waals surface area contributed by atoms with E-state index in [4.69, 9.17) is 4.74 Å². The topological polar surface area (TPSA) is 48.9 Å². The van der Waals surface area contributed by atoms with Crippen LogP contribution in [0.5, 0.6) is 0 Å². The van der Waals surface area contributed by atoms with E-state index in [2.05, 4.69) is 44.8 Å². The van der Waals surface area contributed by atoms with Crippen molar-refractivity contribution >= 4 is 5.96 Å². The number of nitrogens with one attached hydrogen (secondary N) is 2. The molecular weight excluding hydrogens is 300 g/mol. The van der Waals surface area contributed by atoms with Crippen molar-refractivity contribution in [2.45, 2.75) is 39.3 Å². The zero-order valence-corrected chi connectivity index (χ0v) is 15.2. The van der Waals surface area contributed by atoms with Crippen molar-refractivity contribution in [2.75, 3.05) is 39.9 Å². The fourth-order valence-electron chi connectivity index (χ4n) is 2.89. The van der Waals surface area contributed by atoms with E-state index in [1.54, 1.807) is 7.05 Å². The van der Waals surface area contributed by atoms with Crippen molar-refractivity contribution in [1.29, 1.82) is 0 Å². The maximum absolute atomic E-state index is 5.33. The largest absolute Gasteiger partial charge is 0.382 e. The van der Waals surface area contributed by atoms with Gasteiger partial charge in [0.1, 0.15) is 0 Å². The van der Waals surface area contributed by atoms with Crippen LogP contribution in [0.3, 0.4) is 0 Å². The molecule has 1 heterocycles. The van der Waals surface area contributed by atoms with E-state index in [0.717, 1.165) is 45.2 Å². The minimum absolute atomic E-state index is 0.779. The maximum atomic E-state index is 5.33. The normalized spacial score (nSPS) is 15.7. The van der Waals surface area contributed by atoms with Gasteiger partial charge in [0.2, 0.25) is 0 Å². The lowest BCUT2D eigenvalue weighted by atomic mass is 10.1. The van der Waals surface area contributed by atoms with Crippen molar-refractivity contribution < 1.29 is 4.74 Å². The van der Waals surface area contributed by atoms with Crippen LogP contribution in [0.1, 0.15) is 37.3 Å². The molecule has 1 aliphatic heterocycles. The second kappa shape index (κ2) is 11.0. The Labute approximate surface area is 146 Å². The van der Waals surface area contributed by atoms with Gasteiger partial charge in [-0.3, -0.25) is 9.89 Å². The van der Waals surface area contributed by atoms with Crippen LogP contribution in [-0.4, -0.2) is 50.8 Å². The van der Waals surface area contributed by atoms with Gasteiger partial charge in [0.15, 0.2) is 5.96 Å². The van der Waals surface area contributed by atoms with E-state index in [1.807, 2.05) is 6.92 Å². The van der Waals surface area contributed by atoms with Crippen LogP contribution < -0.4 is 10.6 Å². The molecule has 1 aliphatic rings. The Balaban J connectivity index is 1.68. The van der Waals surface area contributed by atoms with Gasteiger partial charge in [-0.25, -0.2) is 0 Å². The number of hydrogen-bond acceptors (Lipinski definition) is 3. The standard InChI is InChI=1S/C19H32N4O/c1-3-24-14-6-11-21-19(20-2)22-15-17-7-9-18(10-8-17)16-23-12-4-5-13-23/h7-10H,3-6,11-16H2,1-2H3,(H2,20,21,22). The zero-order valence-electron chi connectivity index (χ0n) is 15.2. The molecule has 0 radical (unpaired) electrons. The van der Waals surface area contributed by atoms with E-state index in [9.17, 15) is 0 Å². The number of ether oxygens (including phenoxy) is 1. The van der Waals surface area contributed by atoms with Gasteiger partial charge in [-0.1, -0.05) is 24.3 Å². The quantitative estimate of drug-likeness (QED) is 0.414. The summed E-state index contributed by atoms with van der Waals surface area (Å²) in [5.74, 6) is 0.840. The Hall–Kier alpha value is -1.59. The smallest absolute Gasteiger partial charge is 0.191 e. The average Bonchev–Trinajstić information content (AvgIpc) is 3.12. The summed E-state index contributed by atoms with van der Waals surface area (Å²) < 4.78 is 5.33. The molecule has 0 aromatic heterocycles. The molecule has 1 saturated heterocycles. The molecule has 134 valence electrons. The second-order valence-electron chi connectivity index (χ2n) is 6.20. The Bertz CT molecular complexity index is 481. The molecule has 2 rings (SSSR count). The molecule has 0 unspecified atom stereocenters. The molecule has 0 amide bonds. The number of likely N-dealkylation sites (tertiary alicyclic amines) is 1. The van der Waals surface area contributed by atoms with Crippen molar-refractivity contribution in [2.24, 2.45) is 4.99 Å². The molecule has 0 aliphatic carbocycles. The van der Waals surface area contributed by atoms with Crippen molar-refractivity contribution in [3.05, 3.63) is 35.4 Å². The minimum Gasteiger partial charge on any atom is -0.382 e. The number of guanidine groups is 1. The number of aliphatic imine (C=N–C) groups is 1. The zero-order chi connectivity index (χ0) is 17.0. The molecule has 0 spiro atoms. The molecule has 1 aromatic rings. The lowest BCUT2D eigenvalue weighted by Crippen LogP contribution is -2.37. The lowest BCUT2D eigenvalue weighted by molar-refractivity contribution is 0.145. The Kier molecular flexibility index (Phi) is 8.63. The highest BCUT2D eigenvalue weighted by Gasteiger charge is 2.11. The summed E-state index contributed by atoms with van der Waals surface area (Å²) in [4.78, 5) is 6.78.